The predicted molar refractivity (Wildman–Crippen MR) is 97.1 cm³/mol. The van der Waals surface area contributed by atoms with Gasteiger partial charge in [0.15, 0.2) is 0 Å². The van der Waals surface area contributed by atoms with Gasteiger partial charge in [-0.2, -0.15) is 0 Å². The van der Waals surface area contributed by atoms with E-state index in [-0.39, 0.29) is 11.7 Å². The maximum atomic E-state index is 12.0. The SMILES string of the molecule is Cc1cc(C(=O)NCc2ccc(CN3C[C@@H](C)C[C@H](C)C3)cc2)on1. The fraction of sp³-hybridized carbons (Fsp3) is 0.500. The molecule has 1 saturated heterocycles. The second kappa shape index (κ2) is 7.83. The van der Waals surface area contributed by atoms with Crippen molar-refractivity contribution in [1.82, 2.24) is 15.4 Å². The molecule has 5 nitrogen and oxygen atoms in total. The number of piperidine rings is 1. The number of nitrogens with one attached hydrogen (secondary N) is 1. The Morgan fingerprint density at radius 2 is 1.84 bits per heavy atom. The first-order valence-corrected chi connectivity index (χ1v) is 9.01. The molecule has 1 fully saturated rings. The van der Waals surface area contributed by atoms with E-state index >= 15 is 0 Å². The monoisotopic (exact) mass is 341 g/mol. The first kappa shape index (κ1) is 17.7. The van der Waals surface area contributed by atoms with Gasteiger partial charge in [0.2, 0.25) is 5.76 Å². The number of amides is 1. The lowest BCUT2D eigenvalue weighted by molar-refractivity contribution is 0.0914. The van der Waals surface area contributed by atoms with Crippen molar-refractivity contribution in [3.05, 3.63) is 52.9 Å². The molecular weight excluding hydrogens is 314 g/mol. The Bertz CT molecular complexity index is 698. The van der Waals surface area contributed by atoms with Crippen molar-refractivity contribution >= 4 is 5.91 Å². The summed E-state index contributed by atoms with van der Waals surface area (Å²) in [5.41, 5.74) is 3.10. The largest absolute Gasteiger partial charge is 0.351 e. The van der Waals surface area contributed by atoms with E-state index < -0.39 is 0 Å². The van der Waals surface area contributed by atoms with Crippen molar-refractivity contribution in [1.29, 1.82) is 0 Å². The molecule has 2 aromatic rings. The summed E-state index contributed by atoms with van der Waals surface area (Å²) < 4.78 is 4.97. The smallest absolute Gasteiger partial charge is 0.290 e. The van der Waals surface area contributed by atoms with E-state index in [1.54, 1.807) is 13.0 Å². The number of carbonyl (C=O) groups is 1. The van der Waals surface area contributed by atoms with Crippen molar-refractivity contribution < 1.29 is 9.32 Å². The lowest BCUT2D eigenvalue weighted by Gasteiger charge is -2.35. The Hall–Kier alpha value is -2.14. The van der Waals surface area contributed by atoms with E-state index in [2.05, 4.69) is 53.5 Å². The highest BCUT2D eigenvalue weighted by atomic mass is 16.5. The lowest BCUT2D eigenvalue weighted by Crippen LogP contribution is -2.38. The molecule has 0 unspecified atom stereocenters. The number of aromatic nitrogens is 1. The molecule has 1 aliphatic heterocycles. The summed E-state index contributed by atoms with van der Waals surface area (Å²) in [5, 5.41) is 6.59. The molecule has 0 bridgehead atoms. The summed E-state index contributed by atoms with van der Waals surface area (Å²) in [6, 6.07) is 10.1. The number of nitrogens with zero attached hydrogens (tertiary/aromatic N) is 2. The molecule has 1 N–H and O–H groups in total. The first-order chi connectivity index (χ1) is 12.0. The molecule has 134 valence electrons. The third-order valence-corrected chi connectivity index (χ3v) is 4.68. The van der Waals surface area contributed by atoms with Gasteiger partial charge in [0.25, 0.3) is 5.91 Å². The zero-order valence-corrected chi connectivity index (χ0v) is 15.3. The molecule has 1 aliphatic rings. The lowest BCUT2D eigenvalue weighted by atomic mass is 9.91. The number of hydrogen-bond acceptors (Lipinski definition) is 4. The van der Waals surface area contributed by atoms with Crippen molar-refractivity contribution in [2.24, 2.45) is 11.8 Å². The summed E-state index contributed by atoms with van der Waals surface area (Å²) in [6.07, 6.45) is 1.33. The van der Waals surface area contributed by atoms with E-state index in [4.69, 9.17) is 4.52 Å². The summed E-state index contributed by atoms with van der Waals surface area (Å²) in [7, 11) is 0. The van der Waals surface area contributed by atoms with Crippen LogP contribution in [-0.4, -0.2) is 29.1 Å². The van der Waals surface area contributed by atoms with Crippen LogP contribution in [0, 0.1) is 18.8 Å². The van der Waals surface area contributed by atoms with Gasteiger partial charge in [-0.1, -0.05) is 43.3 Å². The van der Waals surface area contributed by atoms with Gasteiger partial charge < -0.3 is 9.84 Å². The van der Waals surface area contributed by atoms with Crippen LogP contribution >= 0.6 is 0 Å². The highest BCUT2D eigenvalue weighted by Gasteiger charge is 2.21. The Balaban J connectivity index is 1.51. The van der Waals surface area contributed by atoms with E-state index in [0.29, 0.717) is 12.2 Å². The van der Waals surface area contributed by atoms with Gasteiger partial charge in [0, 0.05) is 32.2 Å². The second-order valence-corrected chi connectivity index (χ2v) is 7.47. The van der Waals surface area contributed by atoms with Crippen LogP contribution in [0.1, 0.15) is 47.6 Å². The summed E-state index contributed by atoms with van der Waals surface area (Å²) in [5.74, 6) is 1.57. The highest BCUT2D eigenvalue weighted by molar-refractivity contribution is 5.91. The zero-order valence-electron chi connectivity index (χ0n) is 15.3. The van der Waals surface area contributed by atoms with E-state index in [1.807, 2.05) is 0 Å². The number of carbonyl (C=O) groups excluding carboxylic acids is 1. The molecule has 25 heavy (non-hydrogen) atoms. The molecule has 5 heteroatoms. The van der Waals surface area contributed by atoms with Gasteiger partial charge in [-0.05, 0) is 36.3 Å². The maximum Gasteiger partial charge on any atom is 0.290 e. The molecule has 2 heterocycles. The highest BCUT2D eigenvalue weighted by Crippen LogP contribution is 2.22. The van der Waals surface area contributed by atoms with Crippen LogP contribution in [0.15, 0.2) is 34.9 Å². The molecule has 1 aromatic heterocycles. The van der Waals surface area contributed by atoms with Gasteiger partial charge in [-0.15, -0.1) is 0 Å². The molecule has 1 amide bonds. The van der Waals surface area contributed by atoms with E-state index in [9.17, 15) is 4.79 Å². The Morgan fingerprint density at radius 1 is 1.20 bits per heavy atom. The maximum absolute atomic E-state index is 12.0. The Labute approximate surface area is 149 Å². The Kier molecular flexibility index (Phi) is 5.53. The number of benzene rings is 1. The van der Waals surface area contributed by atoms with Crippen molar-refractivity contribution in [3.8, 4) is 0 Å². The average molecular weight is 341 g/mol. The average Bonchev–Trinajstić information content (AvgIpc) is 2.99. The van der Waals surface area contributed by atoms with Crippen LogP contribution in [0.2, 0.25) is 0 Å². The molecule has 0 radical (unpaired) electrons. The summed E-state index contributed by atoms with van der Waals surface area (Å²) in [4.78, 5) is 14.5. The predicted octanol–water partition coefficient (Wildman–Crippen LogP) is 3.39. The number of likely N-dealkylation sites (tertiary alicyclic amines) is 1. The van der Waals surface area contributed by atoms with Gasteiger partial charge >= 0.3 is 0 Å². The zero-order chi connectivity index (χ0) is 17.8. The molecule has 3 rings (SSSR count). The van der Waals surface area contributed by atoms with Crippen LogP contribution in [0.5, 0.6) is 0 Å². The minimum Gasteiger partial charge on any atom is -0.351 e. The van der Waals surface area contributed by atoms with Crippen LogP contribution < -0.4 is 5.32 Å². The molecule has 2 atom stereocenters. The minimum absolute atomic E-state index is 0.235. The van der Waals surface area contributed by atoms with Gasteiger partial charge in [0.1, 0.15) is 0 Å². The topological polar surface area (TPSA) is 58.4 Å². The van der Waals surface area contributed by atoms with Crippen LogP contribution in [0.25, 0.3) is 0 Å². The third kappa shape index (κ3) is 4.92. The van der Waals surface area contributed by atoms with Gasteiger partial charge in [0.05, 0.1) is 5.69 Å². The van der Waals surface area contributed by atoms with Crippen LogP contribution in [0.4, 0.5) is 0 Å². The van der Waals surface area contributed by atoms with E-state index in [1.165, 1.54) is 25.1 Å². The molecule has 0 saturated carbocycles. The fourth-order valence-electron chi connectivity index (χ4n) is 3.68. The summed E-state index contributed by atoms with van der Waals surface area (Å²) >= 11 is 0. The molecule has 0 aliphatic carbocycles. The standard InChI is InChI=1S/C20H27N3O2/c1-14-8-15(2)12-23(11-14)13-18-6-4-17(5-7-18)10-21-20(24)19-9-16(3)22-25-19/h4-7,9,14-15H,8,10-13H2,1-3H3,(H,21,24)/t14-,15-/m0/s1. The van der Waals surface area contributed by atoms with Crippen molar-refractivity contribution in [2.45, 2.75) is 40.3 Å². The van der Waals surface area contributed by atoms with Crippen molar-refractivity contribution in [2.75, 3.05) is 13.1 Å². The summed E-state index contributed by atoms with van der Waals surface area (Å²) in [6.45, 7) is 10.3. The minimum atomic E-state index is -0.235. The number of rotatable bonds is 5. The van der Waals surface area contributed by atoms with Crippen molar-refractivity contribution in [3.63, 3.8) is 0 Å². The normalized spacial score (nSPS) is 21.2. The van der Waals surface area contributed by atoms with Gasteiger partial charge in [-0.25, -0.2) is 0 Å². The Morgan fingerprint density at radius 3 is 2.44 bits per heavy atom. The van der Waals surface area contributed by atoms with Crippen LogP contribution in [-0.2, 0) is 13.1 Å². The molecule has 0 spiro atoms. The number of aryl methyl sites for hydroxylation is 1. The van der Waals surface area contributed by atoms with Gasteiger partial charge in [-0.3, -0.25) is 9.69 Å². The first-order valence-electron chi connectivity index (χ1n) is 9.01. The van der Waals surface area contributed by atoms with E-state index in [0.717, 1.165) is 23.9 Å². The quantitative estimate of drug-likeness (QED) is 0.906. The molecule has 1 aromatic carbocycles. The second-order valence-electron chi connectivity index (χ2n) is 7.47. The fourth-order valence-corrected chi connectivity index (χ4v) is 3.68. The molecular formula is C20H27N3O2. The third-order valence-electron chi connectivity index (χ3n) is 4.68. The van der Waals surface area contributed by atoms with Crippen LogP contribution in [0.3, 0.4) is 0 Å². The number of hydrogen-bond donors (Lipinski definition) is 1.